The summed E-state index contributed by atoms with van der Waals surface area (Å²) in [4.78, 5) is 3.43. The fourth-order valence-electron chi connectivity index (χ4n) is 0.835. The van der Waals surface area contributed by atoms with Gasteiger partial charge in [-0.1, -0.05) is 6.58 Å². The number of aliphatic hydroxyl groups excluding tert-OH is 1. The molecule has 1 aromatic rings. The van der Waals surface area contributed by atoms with Gasteiger partial charge in [0.05, 0.1) is 0 Å². The molecule has 1 N–H and O–H groups in total. The van der Waals surface area contributed by atoms with Crippen LogP contribution in [0.2, 0.25) is 0 Å². The lowest BCUT2D eigenvalue weighted by Gasteiger charge is -2.04. The fraction of sp³-hybridized carbons (Fsp3) is 0.125. The average Bonchev–Trinajstić information content (AvgIpc) is 2.04. The molecule has 0 amide bonds. The van der Waals surface area contributed by atoms with E-state index in [1.807, 2.05) is 0 Å². The van der Waals surface area contributed by atoms with Gasteiger partial charge in [-0.25, -0.2) is 8.78 Å². The van der Waals surface area contributed by atoms with Crippen molar-refractivity contribution in [3.05, 3.63) is 36.2 Å². The van der Waals surface area contributed by atoms with Crippen molar-refractivity contribution < 1.29 is 13.9 Å². The summed E-state index contributed by atoms with van der Waals surface area (Å²) in [6, 6.07) is 2.80. The number of aromatic nitrogens is 1. The Kier molecular flexibility index (Phi) is 2.38. The Hall–Kier alpha value is -1.45. The second kappa shape index (κ2) is 3.30. The molecular formula is C8H7F2NO. The zero-order valence-electron chi connectivity index (χ0n) is 6.17. The van der Waals surface area contributed by atoms with Crippen molar-refractivity contribution in [2.24, 2.45) is 0 Å². The van der Waals surface area contributed by atoms with Crippen molar-refractivity contribution in [3.8, 4) is 0 Å². The quantitative estimate of drug-likeness (QED) is 0.693. The average molecular weight is 171 g/mol. The first-order valence-corrected chi connectivity index (χ1v) is 3.24. The molecule has 1 aromatic heterocycles. The number of rotatable bonds is 2. The highest BCUT2D eigenvalue weighted by Crippen LogP contribution is 2.23. The molecule has 0 aliphatic rings. The largest absolute Gasteiger partial charge is 0.508 e. The normalized spacial score (nSPS) is 10.2. The van der Waals surface area contributed by atoms with Crippen molar-refractivity contribution in [1.82, 2.24) is 4.98 Å². The van der Waals surface area contributed by atoms with E-state index in [-0.39, 0.29) is 5.56 Å². The lowest BCUT2D eigenvalue weighted by Crippen LogP contribution is -1.96. The van der Waals surface area contributed by atoms with Gasteiger partial charge in [0.15, 0.2) is 0 Å². The second-order valence-corrected chi connectivity index (χ2v) is 2.18. The third-order valence-corrected chi connectivity index (χ3v) is 1.36. The molecule has 0 atom stereocenters. The summed E-state index contributed by atoms with van der Waals surface area (Å²) in [6.45, 7) is 3.15. The van der Waals surface area contributed by atoms with Gasteiger partial charge in [0.25, 0.3) is 6.43 Å². The zero-order valence-corrected chi connectivity index (χ0v) is 6.17. The third-order valence-electron chi connectivity index (χ3n) is 1.36. The van der Waals surface area contributed by atoms with Gasteiger partial charge in [-0.05, 0) is 12.1 Å². The number of hydrogen-bond acceptors (Lipinski definition) is 2. The number of aliphatic hydroxyl groups is 1. The molecule has 0 fully saturated rings. The van der Waals surface area contributed by atoms with Crippen LogP contribution >= 0.6 is 0 Å². The van der Waals surface area contributed by atoms with E-state index in [4.69, 9.17) is 5.11 Å². The van der Waals surface area contributed by atoms with Crippen LogP contribution in [-0.2, 0) is 0 Å². The molecule has 12 heavy (non-hydrogen) atoms. The summed E-state index contributed by atoms with van der Waals surface area (Å²) in [5, 5.41) is 8.89. The van der Waals surface area contributed by atoms with E-state index >= 15 is 0 Å². The van der Waals surface area contributed by atoms with Crippen LogP contribution < -0.4 is 0 Å². The molecule has 0 saturated carbocycles. The highest BCUT2D eigenvalue weighted by Gasteiger charge is 2.14. The highest BCUT2D eigenvalue weighted by atomic mass is 19.3. The Balaban J connectivity index is 3.17. The number of nitrogens with zero attached hydrogens (tertiary/aromatic N) is 1. The van der Waals surface area contributed by atoms with Gasteiger partial charge in [-0.2, -0.15) is 0 Å². The first-order valence-electron chi connectivity index (χ1n) is 3.24. The van der Waals surface area contributed by atoms with Crippen LogP contribution in [0.25, 0.3) is 5.76 Å². The van der Waals surface area contributed by atoms with E-state index in [0.29, 0.717) is 0 Å². The van der Waals surface area contributed by atoms with Crippen molar-refractivity contribution in [3.63, 3.8) is 0 Å². The lowest BCUT2D eigenvalue weighted by atomic mass is 10.2. The Morgan fingerprint density at radius 3 is 2.67 bits per heavy atom. The molecule has 0 radical (unpaired) electrons. The van der Waals surface area contributed by atoms with Gasteiger partial charge in [-0.3, -0.25) is 4.98 Å². The van der Waals surface area contributed by atoms with Crippen LogP contribution in [0.1, 0.15) is 17.7 Å². The van der Waals surface area contributed by atoms with Gasteiger partial charge in [0, 0.05) is 11.8 Å². The minimum absolute atomic E-state index is 0.00694. The third kappa shape index (κ3) is 1.58. The Labute approximate surface area is 68.2 Å². The van der Waals surface area contributed by atoms with Gasteiger partial charge in [-0.15, -0.1) is 0 Å². The van der Waals surface area contributed by atoms with E-state index < -0.39 is 17.9 Å². The fourth-order valence-corrected chi connectivity index (χ4v) is 0.835. The van der Waals surface area contributed by atoms with Gasteiger partial charge < -0.3 is 5.11 Å². The van der Waals surface area contributed by atoms with E-state index in [1.165, 1.54) is 18.3 Å². The maximum atomic E-state index is 12.2. The molecule has 0 aliphatic carbocycles. The predicted octanol–water partition coefficient (Wildman–Crippen LogP) is 2.55. The summed E-state index contributed by atoms with van der Waals surface area (Å²) in [5.41, 5.74) is -0.447. The molecule has 0 bridgehead atoms. The molecule has 4 heteroatoms. The van der Waals surface area contributed by atoms with Crippen LogP contribution in [0.4, 0.5) is 8.78 Å². The molecular weight excluding hydrogens is 164 g/mol. The van der Waals surface area contributed by atoms with Crippen LogP contribution in [0.3, 0.4) is 0 Å². The summed E-state index contributed by atoms with van der Waals surface area (Å²) >= 11 is 0. The van der Waals surface area contributed by atoms with E-state index in [0.717, 1.165) is 0 Å². The zero-order chi connectivity index (χ0) is 9.14. The van der Waals surface area contributed by atoms with Crippen LogP contribution in [0.5, 0.6) is 0 Å². The molecule has 2 nitrogen and oxygen atoms in total. The monoisotopic (exact) mass is 171 g/mol. The molecule has 1 heterocycles. The number of alkyl halides is 2. The lowest BCUT2D eigenvalue weighted by molar-refractivity contribution is 0.145. The maximum absolute atomic E-state index is 12.2. The SMILES string of the molecule is C=C(O)c1cccnc1C(F)F. The standard InChI is InChI=1S/C8H7F2NO/c1-5(12)6-3-2-4-11-7(6)8(9)10/h2-4,8,12H,1H2. The van der Waals surface area contributed by atoms with Gasteiger partial charge in [0.2, 0.25) is 0 Å². The second-order valence-electron chi connectivity index (χ2n) is 2.18. The topological polar surface area (TPSA) is 33.1 Å². The molecule has 0 spiro atoms. The number of hydrogen-bond donors (Lipinski definition) is 1. The minimum atomic E-state index is -2.69. The molecule has 1 rings (SSSR count). The molecule has 0 aromatic carbocycles. The first-order chi connectivity index (χ1) is 5.63. The Bertz CT molecular complexity index is 299. The molecule has 64 valence electrons. The van der Waals surface area contributed by atoms with Crippen molar-refractivity contribution >= 4 is 5.76 Å². The smallest absolute Gasteiger partial charge is 0.281 e. The van der Waals surface area contributed by atoms with E-state index in [1.54, 1.807) is 0 Å². The number of halogens is 2. The van der Waals surface area contributed by atoms with E-state index in [9.17, 15) is 8.78 Å². The maximum Gasteiger partial charge on any atom is 0.281 e. The van der Waals surface area contributed by atoms with Crippen molar-refractivity contribution in [2.45, 2.75) is 6.43 Å². The van der Waals surface area contributed by atoms with Crippen LogP contribution in [-0.4, -0.2) is 10.1 Å². The van der Waals surface area contributed by atoms with Gasteiger partial charge in [0.1, 0.15) is 11.5 Å². The van der Waals surface area contributed by atoms with Gasteiger partial charge >= 0.3 is 0 Å². The van der Waals surface area contributed by atoms with Crippen LogP contribution in [0.15, 0.2) is 24.9 Å². The van der Waals surface area contributed by atoms with Crippen molar-refractivity contribution in [1.29, 1.82) is 0 Å². The van der Waals surface area contributed by atoms with Crippen LogP contribution in [0, 0.1) is 0 Å². The predicted molar refractivity (Wildman–Crippen MR) is 40.9 cm³/mol. The minimum Gasteiger partial charge on any atom is -0.508 e. The molecule has 0 unspecified atom stereocenters. The first kappa shape index (κ1) is 8.64. The summed E-state index contributed by atoms with van der Waals surface area (Å²) in [5.74, 6) is -0.390. The Morgan fingerprint density at radius 2 is 2.25 bits per heavy atom. The number of pyridine rings is 1. The summed E-state index contributed by atoms with van der Waals surface area (Å²) < 4.78 is 24.3. The summed E-state index contributed by atoms with van der Waals surface area (Å²) in [6.07, 6.45) is -1.45. The molecule has 0 saturated heterocycles. The summed E-state index contributed by atoms with van der Waals surface area (Å²) in [7, 11) is 0. The van der Waals surface area contributed by atoms with E-state index in [2.05, 4.69) is 11.6 Å². The highest BCUT2D eigenvalue weighted by molar-refractivity contribution is 5.58. The molecule has 0 aliphatic heterocycles. The Morgan fingerprint density at radius 1 is 1.58 bits per heavy atom. The van der Waals surface area contributed by atoms with Crippen molar-refractivity contribution in [2.75, 3.05) is 0 Å².